The van der Waals surface area contributed by atoms with Crippen LogP contribution in [0, 0.1) is 22.7 Å². The van der Waals surface area contributed by atoms with Crippen LogP contribution in [0.3, 0.4) is 0 Å². The molecule has 0 heterocycles. The van der Waals surface area contributed by atoms with Gasteiger partial charge < -0.3 is 15.6 Å². The van der Waals surface area contributed by atoms with E-state index in [4.69, 9.17) is 21.0 Å². The average Bonchev–Trinajstić information content (AvgIpc) is 2.37. The molecule has 100 valence electrons. The van der Waals surface area contributed by atoms with E-state index < -0.39 is 6.10 Å². The fourth-order valence-corrected chi connectivity index (χ4v) is 1.53. The first-order valence-electron chi connectivity index (χ1n) is 5.78. The first kappa shape index (κ1) is 14.8. The zero-order valence-electron chi connectivity index (χ0n) is 10.5. The molecule has 6 nitrogen and oxygen atoms in total. The maximum Gasteiger partial charge on any atom is 0.121 e. The van der Waals surface area contributed by atoms with Crippen LogP contribution >= 0.6 is 0 Å². The molecule has 0 radical (unpaired) electrons. The smallest absolute Gasteiger partial charge is 0.121 e. The number of anilines is 1. The van der Waals surface area contributed by atoms with Crippen molar-refractivity contribution < 1.29 is 9.84 Å². The maximum atomic E-state index is 9.79. The maximum absolute atomic E-state index is 9.79. The van der Waals surface area contributed by atoms with Gasteiger partial charge >= 0.3 is 0 Å². The van der Waals surface area contributed by atoms with Crippen molar-refractivity contribution in [1.29, 1.82) is 10.5 Å². The van der Waals surface area contributed by atoms with Crippen LogP contribution in [0.15, 0.2) is 24.3 Å². The normalized spacial score (nSPS) is 11.6. The van der Waals surface area contributed by atoms with Crippen LogP contribution in [0.1, 0.15) is 0 Å². The topological polar surface area (TPSA) is 106 Å². The van der Waals surface area contributed by atoms with Gasteiger partial charge in [-0.2, -0.15) is 10.5 Å². The summed E-state index contributed by atoms with van der Waals surface area (Å²) < 4.78 is 5.38. The van der Waals surface area contributed by atoms with E-state index in [-0.39, 0.29) is 26.2 Å². The van der Waals surface area contributed by atoms with Gasteiger partial charge in [-0.05, 0) is 12.1 Å². The minimum Gasteiger partial charge on any atom is -0.491 e. The SMILES string of the molecule is N#CCN(CC#N)CC(O)COc1cccc(N)c1. The standard InChI is InChI=1S/C13H16N4O2/c14-4-6-17(7-5-15)9-12(18)10-19-13-3-1-2-11(16)8-13/h1-3,8,12,18H,6-7,9-10,16H2. The number of aliphatic hydroxyl groups is 1. The number of nitrogen functional groups attached to an aromatic ring is 1. The molecule has 0 fully saturated rings. The van der Waals surface area contributed by atoms with Crippen LogP contribution in [0.2, 0.25) is 0 Å². The fourth-order valence-electron chi connectivity index (χ4n) is 1.53. The second-order valence-corrected chi connectivity index (χ2v) is 4.02. The Bertz CT molecular complexity index is 462. The van der Waals surface area contributed by atoms with E-state index >= 15 is 0 Å². The molecule has 0 saturated heterocycles. The molecule has 6 heteroatoms. The van der Waals surface area contributed by atoms with Gasteiger partial charge in [0.25, 0.3) is 0 Å². The number of nitrogens with two attached hydrogens (primary N) is 1. The van der Waals surface area contributed by atoms with Gasteiger partial charge in [-0.15, -0.1) is 0 Å². The van der Waals surface area contributed by atoms with Crippen LogP contribution in [-0.2, 0) is 0 Å². The lowest BCUT2D eigenvalue weighted by Crippen LogP contribution is -2.36. The summed E-state index contributed by atoms with van der Waals surface area (Å²) >= 11 is 0. The molecule has 0 aromatic heterocycles. The Morgan fingerprint density at radius 1 is 1.32 bits per heavy atom. The zero-order valence-corrected chi connectivity index (χ0v) is 10.5. The summed E-state index contributed by atoms with van der Waals surface area (Å²) in [7, 11) is 0. The third-order valence-corrected chi connectivity index (χ3v) is 2.36. The van der Waals surface area contributed by atoms with Gasteiger partial charge in [0.15, 0.2) is 0 Å². The fraction of sp³-hybridized carbons (Fsp3) is 0.385. The Kier molecular flexibility index (Phi) is 6.17. The molecular weight excluding hydrogens is 244 g/mol. The van der Waals surface area contributed by atoms with Crippen LogP contribution < -0.4 is 10.5 Å². The van der Waals surface area contributed by atoms with E-state index in [1.54, 1.807) is 29.2 Å². The molecule has 1 unspecified atom stereocenters. The Balaban J connectivity index is 2.40. The van der Waals surface area contributed by atoms with Gasteiger partial charge in [-0.3, -0.25) is 4.90 Å². The van der Waals surface area contributed by atoms with Gasteiger partial charge in [0, 0.05) is 18.3 Å². The van der Waals surface area contributed by atoms with E-state index in [1.807, 2.05) is 12.1 Å². The molecule has 0 aliphatic heterocycles. The highest BCUT2D eigenvalue weighted by atomic mass is 16.5. The Morgan fingerprint density at radius 2 is 2.00 bits per heavy atom. The largest absolute Gasteiger partial charge is 0.491 e. The van der Waals surface area contributed by atoms with E-state index in [0.717, 1.165) is 0 Å². The number of benzene rings is 1. The highest BCUT2D eigenvalue weighted by molar-refractivity contribution is 5.43. The molecule has 19 heavy (non-hydrogen) atoms. The summed E-state index contributed by atoms with van der Waals surface area (Å²) in [4.78, 5) is 1.55. The second-order valence-electron chi connectivity index (χ2n) is 4.02. The van der Waals surface area contributed by atoms with Gasteiger partial charge in [-0.1, -0.05) is 6.07 Å². The molecule has 0 saturated carbocycles. The van der Waals surface area contributed by atoms with E-state index in [1.165, 1.54) is 0 Å². The van der Waals surface area contributed by atoms with Gasteiger partial charge in [0.2, 0.25) is 0 Å². The molecule has 0 aliphatic carbocycles. The first-order valence-corrected chi connectivity index (χ1v) is 5.78. The molecule has 1 aromatic carbocycles. The van der Waals surface area contributed by atoms with Crippen molar-refractivity contribution in [3.05, 3.63) is 24.3 Å². The molecule has 0 bridgehead atoms. The zero-order chi connectivity index (χ0) is 14.1. The van der Waals surface area contributed by atoms with Crippen molar-refractivity contribution in [1.82, 2.24) is 4.90 Å². The number of ether oxygens (including phenoxy) is 1. The quantitative estimate of drug-likeness (QED) is 0.541. The van der Waals surface area contributed by atoms with Crippen LogP contribution in [0.4, 0.5) is 5.69 Å². The number of hydrogen-bond donors (Lipinski definition) is 2. The van der Waals surface area contributed by atoms with Crippen molar-refractivity contribution in [2.45, 2.75) is 6.10 Å². The summed E-state index contributed by atoms with van der Waals surface area (Å²) in [5, 5.41) is 27.0. The predicted octanol–water partition coefficient (Wildman–Crippen LogP) is 0.358. The Labute approximate surface area is 112 Å². The van der Waals surface area contributed by atoms with E-state index in [2.05, 4.69) is 0 Å². The van der Waals surface area contributed by atoms with Crippen LogP contribution in [0.5, 0.6) is 5.75 Å². The lowest BCUT2D eigenvalue weighted by atomic mass is 10.3. The highest BCUT2D eigenvalue weighted by Gasteiger charge is 2.12. The van der Waals surface area contributed by atoms with Crippen molar-refractivity contribution in [2.75, 3.05) is 32.0 Å². The van der Waals surface area contributed by atoms with Crippen molar-refractivity contribution >= 4 is 5.69 Å². The molecule has 1 rings (SSSR count). The van der Waals surface area contributed by atoms with Crippen molar-refractivity contribution in [3.63, 3.8) is 0 Å². The Hall–Kier alpha value is -2.28. The summed E-state index contributed by atoms with van der Waals surface area (Å²) in [6.07, 6.45) is -0.775. The number of nitriles is 2. The first-order chi connectivity index (χ1) is 9.15. The molecule has 0 aliphatic rings. The van der Waals surface area contributed by atoms with Crippen molar-refractivity contribution in [2.24, 2.45) is 0 Å². The van der Waals surface area contributed by atoms with Crippen LogP contribution in [-0.4, -0.2) is 42.4 Å². The van der Waals surface area contributed by atoms with Gasteiger partial charge in [0.05, 0.1) is 25.2 Å². The van der Waals surface area contributed by atoms with Gasteiger partial charge in [0.1, 0.15) is 18.5 Å². The molecule has 1 atom stereocenters. The van der Waals surface area contributed by atoms with E-state index in [0.29, 0.717) is 11.4 Å². The predicted molar refractivity (Wildman–Crippen MR) is 70.0 cm³/mol. The number of hydrogen-bond acceptors (Lipinski definition) is 6. The third-order valence-electron chi connectivity index (χ3n) is 2.36. The van der Waals surface area contributed by atoms with Gasteiger partial charge in [-0.25, -0.2) is 0 Å². The minimum absolute atomic E-state index is 0.0802. The number of nitrogens with zero attached hydrogens (tertiary/aromatic N) is 3. The lowest BCUT2D eigenvalue weighted by Gasteiger charge is -2.19. The molecule has 3 N–H and O–H groups in total. The Morgan fingerprint density at radius 3 is 2.58 bits per heavy atom. The lowest BCUT2D eigenvalue weighted by molar-refractivity contribution is 0.0763. The summed E-state index contributed by atoms with van der Waals surface area (Å²) in [6.45, 7) is 0.492. The van der Waals surface area contributed by atoms with Crippen molar-refractivity contribution in [3.8, 4) is 17.9 Å². The highest BCUT2D eigenvalue weighted by Crippen LogP contribution is 2.14. The number of aliphatic hydroxyl groups excluding tert-OH is 1. The molecular formula is C13H16N4O2. The summed E-state index contributed by atoms with van der Waals surface area (Å²) in [5.74, 6) is 0.575. The van der Waals surface area contributed by atoms with E-state index in [9.17, 15) is 5.11 Å². The molecule has 1 aromatic rings. The summed E-state index contributed by atoms with van der Waals surface area (Å²) in [6, 6.07) is 10.8. The average molecular weight is 260 g/mol. The van der Waals surface area contributed by atoms with Crippen LogP contribution in [0.25, 0.3) is 0 Å². The monoisotopic (exact) mass is 260 g/mol. The summed E-state index contributed by atoms with van der Waals surface area (Å²) in [5.41, 5.74) is 6.19. The minimum atomic E-state index is -0.775. The second kappa shape index (κ2) is 7.93. The molecule has 0 amide bonds. The third kappa shape index (κ3) is 5.73. The molecule has 0 spiro atoms. The number of rotatable bonds is 7.